The van der Waals surface area contributed by atoms with Crippen LogP contribution in [0.2, 0.25) is 0 Å². The molecule has 1 heterocycles. The lowest BCUT2D eigenvalue weighted by Gasteiger charge is -2.15. The van der Waals surface area contributed by atoms with Crippen molar-refractivity contribution in [2.45, 2.75) is 45.2 Å². The third-order valence-electron chi connectivity index (χ3n) is 3.24. The summed E-state index contributed by atoms with van der Waals surface area (Å²) in [6.45, 7) is 3.14. The highest BCUT2D eigenvalue weighted by Crippen LogP contribution is 2.34. The van der Waals surface area contributed by atoms with E-state index in [1.165, 1.54) is 12.8 Å². The zero-order valence-corrected chi connectivity index (χ0v) is 9.91. The Morgan fingerprint density at radius 1 is 1.44 bits per heavy atom. The van der Waals surface area contributed by atoms with Gasteiger partial charge < -0.3 is 14.8 Å². The molecule has 16 heavy (non-hydrogen) atoms. The third-order valence-corrected chi connectivity index (χ3v) is 3.24. The summed E-state index contributed by atoms with van der Waals surface area (Å²) in [6, 6.07) is 4.53. The van der Waals surface area contributed by atoms with Gasteiger partial charge in [-0.2, -0.15) is 0 Å². The highest BCUT2D eigenvalue weighted by Gasteiger charge is 2.30. The van der Waals surface area contributed by atoms with E-state index in [0.29, 0.717) is 6.04 Å². The first-order chi connectivity index (χ1) is 7.83. The Hall–Kier alpha value is -0.800. The average Bonchev–Trinajstić information content (AvgIpc) is 3.03. The van der Waals surface area contributed by atoms with Crippen molar-refractivity contribution in [1.82, 2.24) is 5.32 Å². The van der Waals surface area contributed by atoms with Gasteiger partial charge in [-0.25, -0.2) is 0 Å². The van der Waals surface area contributed by atoms with E-state index >= 15 is 0 Å². The standard InChI is InChI=1S/C13H21NO2/c1-2-11-5-6-12(16-11)9-14-13(7-8-15)10-3-4-10/h5-6,10,13-15H,2-4,7-9H2,1H3. The minimum absolute atomic E-state index is 0.270. The molecule has 0 radical (unpaired) electrons. The number of aliphatic hydroxyl groups excluding tert-OH is 1. The van der Waals surface area contributed by atoms with Gasteiger partial charge in [0.1, 0.15) is 11.5 Å². The summed E-state index contributed by atoms with van der Waals surface area (Å²) in [4.78, 5) is 0. The number of furan rings is 1. The number of aliphatic hydroxyl groups is 1. The van der Waals surface area contributed by atoms with E-state index in [2.05, 4.69) is 12.2 Å². The second-order valence-corrected chi connectivity index (χ2v) is 4.56. The average molecular weight is 223 g/mol. The molecule has 1 fully saturated rings. The third kappa shape index (κ3) is 3.09. The van der Waals surface area contributed by atoms with Crippen LogP contribution in [0.5, 0.6) is 0 Å². The van der Waals surface area contributed by atoms with E-state index in [4.69, 9.17) is 9.52 Å². The zero-order valence-electron chi connectivity index (χ0n) is 9.91. The van der Waals surface area contributed by atoms with Gasteiger partial charge in [0, 0.05) is 19.1 Å². The molecule has 0 saturated heterocycles. The van der Waals surface area contributed by atoms with Gasteiger partial charge in [0.2, 0.25) is 0 Å². The molecule has 1 unspecified atom stereocenters. The topological polar surface area (TPSA) is 45.4 Å². The van der Waals surface area contributed by atoms with Crippen LogP contribution in [-0.2, 0) is 13.0 Å². The zero-order chi connectivity index (χ0) is 11.4. The largest absolute Gasteiger partial charge is 0.465 e. The molecule has 1 aliphatic carbocycles. The summed E-state index contributed by atoms with van der Waals surface area (Å²) in [7, 11) is 0. The second kappa shape index (κ2) is 5.51. The van der Waals surface area contributed by atoms with E-state index in [9.17, 15) is 0 Å². The predicted octanol–water partition coefficient (Wildman–Crippen LogP) is 2.09. The highest BCUT2D eigenvalue weighted by molar-refractivity contribution is 5.07. The molecule has 1 saturated carbocycles. The summed E-state index contributed by atoms with van der Waals surface area (Å²) in [5.74, 6) is 2.81. The van der Waals surface area contributed by atoms with Crippen molar-refractivity contribution in [1.29, 1.82) is 0 Å². The molecule has 1 aromatic rings. The van der Waals surface area contributed by atoms with Gasteiger partial charge in [-0.3, -0.25) is 0 Å². The Balaban J connectivity index is 1.80. The fourth-order valence-corrected chi connectivity index (χ4v) is 2.08. The van der Waals surface area contributed by atoms with E-state index in [1.807, 2.05) is 12.1 Å². The lowest BCUT2D eigenvalue weighted by atomic mass is 10.1. The SMILES string of the molecule is CCc1ccc(CNC(CCO)C2CC2)o1. The van der Waals surface area contributed by atoms with Gasteiger partial charge in [-0.15, -0.1) is 0 Å². The van der Waals surface area contributed by atoms with Gasteiger partial charge in [-0.1, -0.05) is 6.92 Å². The highest BCUT2D eigenvalue weighted by atomic mass is 16.3. The quantitative estimate of drug-likeness (QED) is 0.744. The fraction of sp³-hybridized carbons (Fsp3) is 0.692. The van der Waals surface area contributed by atoms with Crippen molar-refractivity contribution >= 4 is 0 Å². The number of hydrogen-bond donors (Lipinski definition) is 2. The molecule has 3 heteroatoms. The van der Waals surface area contributed by atoms with Gasteiger partial charge in [0.15, 0.2) is 0 Å². The molecule has 90 valence electrons. The molecular weight excluding hydrogens is 202 g/mol. The molecule has 0 amide bonds. The normalized spacial score (nSPS) is 17.6. The Morgan fingerprint density at radius 3 is 2.75 bits per heavy atom. The molecule has 0 spiro atoms. The van der Waals surface area contributed by atoms with Gasteiger partial charge in [0.05, 0.1) is 6.54 Å². The molecule has 0 bridgehead atoms. The van der Waals surface area contributed by atoms with Gasteiger partial charge >= 0.3 is 0 Å². The molecule has 0 aliphatic heterocycles. The summed E-state index contributed by atoms with van der Waals surface area (Å²) >= 11 is 0. The summed E-state index contributed by atoms with van der Waals surface area (Å²) in [5.41, 5.74) is 0. The van der Waals surface area contributed by atoms with Crippen molar-refractivity contribution in [3.63, 3.8) is 0 Å². The fourth-order valence-electron chi connectivity index (χ4n) is 2.08. The smallest absolute Gasteiger partial charge is 0.117 e. The molecule has 3 nitrogen and oxygen atoms in total. The number of rotatable bonds is 7. The first-order valence-corrected chi connectivity index (χ1v) is 6.25. The first kappa shape index (κ1) is 11.7. The van der Waals surface area contributed by atoms with Crippen LogP contribution in [0.25, 0.3) is 0 Å². The minimum Gasteiger partial charge on any atom is -0.465 e. The van der Waals surface area contributed by atoms with Crippen LogP contribution in [-0.4, -0.2) is 17.8 Å². The monoisotopic (exact) mass is 223 g/mol. The van der Waals surface area contributed by atoms with Crippen LogP contribution < -0.4 is 5.32 Å². The molecular formula is C13H21NO2. The van der Waals surface area contributed by atoms with Crippen LogP contribution in [0.15, 0.2) is 16.5 Å². The maximum Gasteiger partial charge on any atom is 0.117 e. The van der Waals surface area contributed by atoms with E-state index in [1.54, 1.807) is 0 Å². The molecule has 2 N–H and O–H groups in total. The molecule has 2 rings (SSSR count). The van der Waals surface area contributed by atoms with E-state index in [-0.39, 0.29) is 6.61 Å². The molecule has 0 aromatic carbocycles. The number of aryl methyl sites for hydroxylation is 1. The van der Waals surface area contributed by atoms with Crippen LogP contribution in [0.3, 0.4) is 0 Å². The van der Waals surface area contributed by atoms with E-state index in [0.717, 1.165) is 36.8 Å². The number of hydrogen-bond acceptors (Lipinski definition) is 3. The Bertz CT molecular complexity index is 317. The van der Waals surface area contributed by atoms with Crippen LogP contribution in [0.1, 0.15) is 37.7 Å². The van der Waals surface area contributed by atoms with Crippen molar-refractivity contribution in [2.24, 2.45) is 5.92 Å². The maximum atomic E-state index is 8.99. The molecule has 1 aromatic heterocycles. The predicted molar refractivity (Wildman–Crippen MR) is 63.1 cm³/mol. The van der Waals surface area contributed by atoms with Gasteiger partial charge in [0.25, 0.3) is 0 Å². The lowest BCUT2D eigenvalue weighted by Crippen LogP contribution is -2.31. The van der Waals surface area contributed by atoms with Crippen LogP contribution in [0, 0.1) is 5.92 Å². The van der Waals surface area contributed by atoms with Crippen molar-refractivity contribution < 1.29 is 9.52 Å². The Morgan fingerprint density at radius 2 is 2.19 bits per heavy atom. The Labute approximate surface area is 96.8 Å². The summed E-state index contributed by atoms with van der Waals surface area (Å²) in [5, 5.41) is 12.5. The second-order valence-electron chi connectivity index (χ2n) is 4.56. The number of nitrogens with one attached hydrogen (secondary N) is 1. The van der Waals surface area contributed by atoms with E-state index < -0.39 is 0 Å². The van der Waals surface area contributed by atoms with Crippen molar-refractivity contribution in [3.8, 4) is 0 Å². The molecule has 1 aliphatic rings. The minimum atomic E-state index is 0.270. The maximum absolute atomic E-state index is 8.99. The van der Waals surface area contributed by atoms with Gasteiger partial charge in [-0.05, 0) is 37.3 Å². The summed E-state index contributed by atoms with van der Waals surface area (Å²) < 4.78 is 5.64. The Kier molecular flexibility index (Phi) is 4.02. The first-order valence-electron chi connectivity index (χ1n) is 6.25. The van der Waals surface area contributed by atoms with Crippen molar-refractivity contribution in [2.75, 3.05) is 6.61 Å². The van der Waals surface area contributed by atoms with Crippen LogP contribution in [0.4, 0.5) is 0 Å². The summed E-state index contributed by atoms with van der Waals surface area (Å²) in [6.07, 6.45) is 4.40. The molecule has 1 atom stereocenters. The van der Waals surface area contributed by atoms with Crippen molar-refractivity contribution in [3.05, 3.63) is 23.7 Å². The lowest BCUT2D eigenvalue weighted by molar-refractivity contribution is 0.253. The van der Waals surface area contributed by atoms with Crippen LogP contribution >= 0.6 is 0 Å².